The van der Waals surface area contributed by atoms with Crippen molar-refractivity contribution in [2.75, 3.05) is 7.11 Å². The summed E-state index contributed by atoms with van der Waals surface area (Å²) in [5, 5.41) is 10.3. The van der Waals surface area contributed by atoms with Gasteiger partial charge in [0.1, 0.15) is 11.4 Å². The summed E-state index contributed by atoms with van der Waals surface area (Å²) >= 11 is 0. The van der Waals surface area contributed by atoms with E-state index >= 15 is 0 Å². The first-order valence-corrected chi connectivity index (χ1v) is 2.96. The molecular weight excluding hydrogens is 185 g/mol. The summed E-state index contributed by atoms with van der Waals surface area (Å²) in [6.45, 7) is 0. The predicted molar refractivity (Wildman–Crippen MR) is 35.1 cm³/mol. The molecule has 1 rings (SSSR count). The molecule has 0 bridgehead atoms. The van der Waals surface area contributed by atoms with Crippen LogP contribution in [0, 0.1) is 0 Å². The van der Waals surface area contributed by atoms with Gasteiger partial charge >= 0.3 is 51.4 Å². The van der Waals surface area contributed by atoms with E-state index < -0.39 is 5.97 Å². The summed E-state index contributed by atoms with van der Waals surface area (Å²) in [5.41, 5.74) is -0.171. The second kappa shape index (κ2) is 5.66. The average molecular weight is 191 g/mol. The molecule has 0 atom stereocenters. The van der Waals surface area contributed by atoms with Crippen LogP contribution >= 0.6 is 0 Å². The van der Waals surface area contributed by atoms with Crippen LogP contribution in [0.1, 0.15) is 10.5 Å². The summed E-state index contributed by atoms with van der Waals surface area (Å²) in [7, 11) is 1.38. The summed E-state index contributed by atoms with van der Waals surface area (Å²) in [6, 6.07) is 3.10. The Morgan fingerprint density at radius 1 is 1.67 bits per heavy atom. The van der Waals surface area contributed by atoms with Crippen molar-refractivity contribution in [3.63, 3.8) is 0 Å². The Hall–Kier alpha value is 0.0564. The van der Waals surface area contributed by atoms with Gasteiger partial charge in [-0.2, -0.15) is 0 Å². The Kier molecular flexibility index (Phi) is 5.69. The van der Waals surface area contributed by atoms with Crippen molar-refractivity contribution in [2.45, 2.75) is 0 Å². The van der Waals surface area contributed by atoms with Gasteiger partial charge in [0.25, 0.3) is 0 Å². The third kappa shape index (κ3) is 2.84. The van der Waals surface area contributed by atoms with Gasteiger partial charge in [0.05, 0.1) is 13.1 Å². The Morgan fingerprint density at radius 2 is 2.33 bits per heavy atom. The standard InChI is InChI=1S/C7H7NO3.K/c1-11-5-3-2-4-8-6(5)7(9)10;/h2-4H,1H3,(H,9,10);/q;+1/p-1. The van der Waals surface area contributed by atoms with Crippen molar-refractivity contribution in [1.29, 1.82) is 0 Å². The number of pyridine rings is 1. The van der Waals surface area contributed by atoms with E-state index in [1.807, 2.05) is 0 Å². The van der Waals surface area contributed by atoms with Gasteiger partial charge in [-0.15, -0.1) is 0 Å². The van der Waals surface area contributed by atoms with E-state index in [1.165, 1.54) is 19.4 Å². The molecule has 0 N–H and O–H groups in total. The van der Waals surface area contributed by atoms with E-state index in [9.17, 15) is 9.90 Å². The minimum atomic E-state index is -1.33. The van der Waals surface area contributed by atoms with E-state index in [-0.39, 0.29) is 62.8 Å². The largest absolute Gasteiger partial charge is 1.00 e. The van der Waals surface area contributed by atoms with Crippen molar-refractivity contribution in [3.05, 3.63) is 24.0 Å². The van der Waals surface area contributed by atoms with Crippen LogP contribution in [0.15, 0.2) is 18.3 Å². The molecule has 0 radical (unpaired) electrons. The number of hydrogen-bond donors (Lipinski definition) is 0. The molecule has 0 aliphatic carbocycles. The normalized spacial score (nSPS) is 8.42. The zero-order chi connectivity index (χ0) is 8.27. The summed E-state index contributed by atoms with van der Waals surface area (Å²) in [5.74, 6) is -1.12. The Labute approximate surface area is 112 Å². The molecular formula is C7H6KNO3. The van der Waals surface area contributed by atoms with Crippen molar-refractivity contribution < 1.29 is 66.0 Å². The van der Waals surface area contributed by atoms with E-state index in [0.717, 1.165) is 0 Å². The average Bonchev–Trinajstić information content (AvgIpc) is 2.04. The van der Waals surface area contributed by atoms with Gasteiger partial charge in [-0.3, -0.25) is 4.98 Å². The molecule has 1 heterocycles. The van der Waals surface area contributed by atoms with Gasteiger partial charge in [-0.1, -0.05) is 0 Å². The SMILES string of the molecule is COc1cccnc1C(=O)[O-].[K+]. The third-order valence-electron chi connectivity index (χ3n) is 1.18. The van der Waals surface area contributed by atoms with Crippen LogP contribution < -0.4 is 61.2 Å². The van der Waals surface area contributed by atoms with Crippen molar-refractivity contribution in [3.8, 4) is 5.75 Å². The molecule has 0 aromatic carbocycles. The van der Waals surface area contributed by atoms with Crippen LogP contribution in [-0.2, 0) is 0 Å². The summed E-state index contributed by atoms with van der Waals surface area (Å²) < 4.78 is 4.72. The van der Waals surface area contributed by atoms with Gasteiger partial charge in [-0.05, 0) is 12.1 Å². The number of hydrogen-bond acceptors (Lipinski definition) is 4. The van der Waals surface area contributed by atoms with Crippen LogP contribution in [-0.4, -0.2) is 18.1 Å². The molecule has 12 heavy (non-hydrogen) atoms. The number of carboxylic acid groups (broad SMARTS) is 1. The molecule has 1 aromatic rings. The minimum Gasteiger partial charge on any atom is -0.543 e. The first-order valence-electron chi connectivity index (χ1n) is 2.96. The maximum Gasteiger partial charge on any atom is 1.00 e. The molecule has 58 valence electrons. The first kappa shape index (κ1) is 12.1. The zero-order valence-electron chi connectivity index (χ0n) is 6.90. The topological polar surface area (TPSA) is 62.2 Å². The first-order chi connectivity index (χ1) is 5.25. The van der Waals surface area contributed by atoms with E-state index in [0.29, 0.717) is 0 Å². The number of carboxylic acids is 1. The number of ether oxygens (including phenoxy) is 1. The number of rotatable bonds is 2. The van der Waals surface area contributed by atoms with Crippen molar-refractivity contribution >= 4 is 5.97 Å². The molecule has 0 unspecified atom stereocenters. The van der Waals surface area contributed by atoms with Crippen LogP contribution in [0.3, 0.4) is 0 Å². The van der Waals surface area contributed by atoms with Crippen molar-refractivity contribution in [2.24, 2.45) is 0 Å². The Bertz CT molecular complexity index is 277. The fourth-order valence-corrected chi connectivity index (χ4v) is 0.709. The number of carbonyl (C=O) groups excluding carboxylic acids is 1. The number of aromatic nitrogens is 1. The van der Waals surface area contributed by atoms with Gasteiger partial charge in [-0.25, -0.2) is 0 Å². The number of aromatic carboxylic acids is 1. The minimum absolute atomic E-state index is 0. The van der Waals surface area contributed by atoms with E-state index in [2.05, 4.69) is 4.98 Å². The van der Waals surface area contributed by atoms with Crippen LogP contribution in [0.4, 0.5) is 0 Å². The Morgan fingerprint density at radius 3 is 2.75 bits per heavy atom. The van der Waals surface area contributed by atoms with Gasteiger partial charge in [0.2, 0.25) is 0 Å². The zero-order valence-corrected chi connectivity index (χ0v) is 10.0. The Balaban J connectivity index is 0.00000121. The second-order valence-electron chi connectivity index (χ2n) is 1.84. The molecule has 0 fully saturated rings. The summed E-state index contributed by atoms with van der Waals surface area (Å²) in [4.78, 5) is 13.9. The molecule has 1 aromatic heterocycles. The smallest absolute Gasteiger partial charge is 0.543 e. The maximum absolute atomic E-state index is 10.3. The molecule has 0 aliphatic heterocycles. The number of methoxy groups -OCH3 is 1. The predicted octanol–water partition coefficient (Wildman–Crippen LogP) is -3.54. The third-order valence-corrected chi connectivity index (χ3v) is 1.18. The fourth-order valence-electron chi connectivity index (χ4n) is 0.709. The van der Waals surface area contributed by atoms with Crippen molar-refractivity contribution in [1.82, 2.24) is 4.98 Å². The molecule has 0 aliphatic rings. The molecule has 5 heteroatoms. The van der Waals surface area contributed by atoms with Gasteiger partial charge in [0.15, 0.2) is 0 Å². The van der Waals surface area contributed by atoms with Crippen LogP contribution in [0.2, 0.25) is 0 Å². The van der Waals surface area contributed by atoms with Crippen LogP contribution in [0.25, 0.3) is 0 Å². The monoisotopic (exact) mass is 191 g/mol. The molecule has 0 saturated heterocycles. The second-order valence-corrected chi connectivity index (χ2v) is 1.84. The fraction of sp³-hybridized carbons (Fsp3) is 0.143. The van der Waals surface area contributed by atoms with Crippen LogP contribution in [0.5, 0.6) is 5.75 Å². The number of nitrogens with zero attached hydrogens (tertiary/aromatic N) is 1. The van der Waals surface area contributed by atoms with E-state index in [4.69, 9.17) is 4.74 Å². The van der Waals surface area contributed by atoms with Gasteiger partial charge in [0, 0.05) is 6.20 Å². The quantitative estimate of drug-likeness (QED) is 0.454. The molecule has 0 saturated carbocycles. The number of carbonyl (C=O) groups is 1. The van der Waals surface area contributed by atoms with E-state index in [1.54, 1.807) is 6.07 Å². The summed E-state index contributed by atoms with van der Waals surface area (Å²) in [6.07, 6.45) is 1.37. The molecule has 0 spiro atoms. The molecule has 4 nitrogen and oxygen atoms in total. The maximum atomic E-state index is 10.3. The molecule has 0 amide bonds. The van der Waals surface area contributed by atoms with Gasteiger partial charge < -0.3 is 14.6 Å².